The van der Waals surface area contributed by atoms with Gasteiger partial charge in [-0.2, -0.15) is 5.10 Å². The molecule has 4 aromatic rings. The van der Waals surface area contributed by atoms with E-state index in [9.17, 15) is 14.7 Å². The molecular weight excluding hydrogens is 594 g/mol. The highest BCUT2D eigenvalue weighted by Crippen LogP contribution is 2.44. The lowest BCUT2D eigenvalue weighted by atomic mass is 9.98. The number of amides is 1. The third-order valence-corrected chi connectivity index (χ3v) is 8.04. The molecule has 0 spiro atoms. The Morgan fingerprint density at radius 3 is 2.64 bits per heavy atom. The van der Waals surface area contributed by atoms with E-state index in [1.807, 2.05) is 18.2 Å². The maximum absolute atomic E-state index is 13.5. The van der Waals surface area contributed by atoms with E-state index < -0.39 is 17.7 Å². The van der Waals surface area contributed by atoms with Crippen LogP contribution in [0.2, 0.25) is 5.02 Å². The van der Waals surface area contributed by atoms with Crippen LogP contribution in [0.15, 0.2) is 42.5 Å². The van der Waals surface area contributed by atoms with Crippen LogP contribution in [0, 0.1) is 6.92 Å². The van der Waals surface area contributed by atoms with Crippen molar-refractivity contribution in [1.82, 2.24) is 19.9 Å². The summed E-state index contributed by atoms with van der Waals surface area (Å²) in [6.07, 6.45) is 2.94. The predicted molar refractivity (Wildman–Crippen MR) is 174 cm³/mol. The van der Waals surface area contributed by atoms with Gasteiger partial charge >= 0.3 is 5.97 Å². The number of hydrogen-bond donors (Lipinski definition) is 3. The first kappa shape index (κ1) is 32.2. The molecule has 0 radical (unpaired) electrons. The number of aryl methyl sites for hydroxylation is 2. The van der Waals surface area contributed by atoms with Gasteiger partial charge in [-0.3, -0.25) is 4.79 Å². The number of anilines is 1. The van der Waals surface area contributed by atoms with Crippen LogP contribution in [0.4, 0.5) is 5.69 Å². The van der Waals surface area contributed by atoms with Crippen molar-refractivity contribution >= 4 is 34.8 Å². The topological polar surface area (TPSA) is 127 Å². The van der Waals surface area contributed by atoms with Crippen LogP contribution in [0.25, 0.3) is 16.9 Å². The molecule has 238 valence electrons. The third kappa shape index (κ3) is 7.07. The molecule has 1 aliphatic rings. The number of aromatic nitrogens is 3. The predicted octanol–water partition coefficient (Wildman–Crippen LogP) is 6.77. The van der Waals surface area contributed by atoms with Gasteiger partial charge in [-0.15, -0.1) is 0 Å². The molecule has 5 rings (SSSR count). The van der Waals surface area contributed by atoms with Crippen molar-refractivity contribution in [3.63, 3.8) is 0 Å². The molecule has 1 amide bonds. The summed E-state index contributed by atoms with van der Waals surface area (Å²) in [4.78, 5) is 30.9. The van der Waals surface area contributed by atoms with Gasteiger partial charge in [0.15, 0.2) is 17.4 Å². The highest BCUT2D eigenvalue weighted by molar-refractivity contribution is 6.36. The Labute approximate surface area is 268 Å². The fourth-order valence-corrected chi connectivity index (χ4v) is 5.88. The lowest BCUT2D eigenvalue weighted by molar-refractivity contribution is -0.160. The zero-order valence-corrected chi connectivity index (χ0v) is 27.1. The van der Waals surface area contributed by atoms with E-state index in [-0.39, 0.29) is 11.6 Å². The normalized spacial score (nSPS) is 13.6. The fraction of sp³-hybridized carbons (Fsp3) is 0.412. The second-order valence-electron chi connectivity index (χ2n) is 12.2. The van der Waals surface area contributed by atoms with Crippen LogP contribution >= 0.6 is 11.6 Å². The number of carbonyl (C=O) groups excluding carboxylic acids is 1. The summed E-state index contributed by atoms with van der Waals surface area (Å²) in [5, 5.41) is 21.6. The Morgan fingerprint density at radius 2 is 1.93 bits per heavy atom. The molecule has 3 heterocycles. The number of hydrogen-bond acceptors (Lipinski definition) is 7. The summed E-state index contributed by atoms with van der Waals surface area (Å²) in [7, 11) is 0. The van der Waals surface area contributed by atoms with Crippen molar-refractivity contribution in [2.75, 3.05) is 18.5 Å². The van der Waals surface area contributed by atoms with E-state index >= 15 is 0 Å². The maximum Gasteiger partial charge on any atom is 0.337 e. The van der Waals surface area contributed by atoms with Gasteiger partial charge in [0.1, 0.15) is 12.4 Å². The quantitative estimate of drug-likeness (QED) is 0.155. The molecule has 0 saturated heterocycles. The first-order chi connectivity index (χ1) is 21.5. The molecule has 11 heteroatoms. The van der Waals surface area contributed by atoms with Gasteiger partial charge in [-0.05, 0) is 63.8 Å². The summed E-state index contributed by atoms with van der Waals surface area (Å²) in [6.45, 7) is 10.7. The summed E-state index contributed by atoms with van der Waals surface area (Å²) in [5.74, 6) is -0.968. The Bertz CT molecular complexity index is 1730. The summed E-state index contributed by atoms with van der Waals surface area (Å²) in [5.41, 5.74) is 4.16. The fourth-order valence-electron chi connectivity index (χ4n) is 5.57. The minimum absolute atomic E-state index is 0.142. The van der Waals surface area contributed by atoms with Crippen molar-refractivity contribution in [2.45, 2.75) is 78.6 Å². The minimum Gasteiger partial charge on any atom is -0.490 e. The van der Waals surface area contributed by atoms with Gasteiger partial charge in [-0.1, -0.05) is 55.6 Å². The lowest BCUT2D eigenvalue weighted by Gasteiger charge is -2.28. The average molecular weight is 634 g/mol. The Balaban J connectivity index is 1.59. The van der Waals surface area contributed by atoms with Gasteiger partial charge in [-0.25, -0.2) is 14.3 Å². The van der Waals surface area contributed by atoms with E-state index in [2.05, 4.69) is 33.7 Å². The van der Waals surface area contributed by atoms with Gasteiger partial charge in [0.25, 0.3) is 5.91 Å². The van der Waals surface area contributed by atoms with Crippen molar-refractivity contribution in [2.24, 2.45) is 0 Å². The standard InChI is InChI=1S/C34H40ClN5O5/c1-6-7-8-11-21-12-9-10-13-22(21)19-37-32(41)24-18-26-38-20(2)27(31(33(42)43)45-34(3,4)5)30(40(26)39-24)23-14-15-25-29(28(23)35)36-16-17-44-25/h9-10,12-15,18,31,36H,6-8,11,16-17,19H2,1-5H3,(H,37,41)(H,42,43). The Kier molecular flexibility index (Phi) is 9.65. The molecule has 0 bridgehead atoms. The third-order valence-electron chi connectivity index (χ3n) is 7.65. The number of nitrogens with one attached hydrogen (secondary N) is 2. The molecular formula is C34H40ClN5O5. The molecule has 1 unspecified atom stereocenters. The van der Waals surface area contributed by atoms with E-state index in [4.69, 9.17) is 21.1 Å². The number of rotatable bonds is 11. The molecule has 3 N–H and O–H groups in total. The van der Waals surface area contributed by atoms with Crippen LogP contribution in [0.1, 0.15) is 85.9 Å². The summed E-state index contributed by atoms with van der Waals surface area (Å²) >= 11 is 6.98. The number of benzene rings is 2. The molecule has 0 fully saturated rings. The van der Waals surface area contributed by atoms with Gasteiger partial charge in [0.2, 0.25) is 0 Å². The smallest absolute Gasteiger partial charge is 0.337 e. The van der Waals surface area contributed by atoms with E-state index in [1.165, 1.54) is 10.1 Å². The number of carboxylic acids is 1. The van der Waals surface area contributed by atoms with Crippen LogP contribution in [0.5, 0.6) is 5.75 Å². The largest absolute Gasteiger partial charge is 0.490 e. The molecule has 1 atom stereocenters. The van der Waals surface area contributed by atoms with Crippen LogP contribution in [-0.4, -0.2) is 50.3 Å². The minimum atomic E-state index is -1.39. The SMILES string of the molecule is CCCCCc1ccccc1CNC(=O)c1cc2nc(C)c(C(OC(C)(C)C)C(=O)O)c(-c3ccc4c(c3Cl)NCCO4)n2n1. The molecule has 2 aromatic carbocycles. The Morgan fingerprint density at radius 1 is 1.18 bits per heavy atom. The van der Waals surface area contributed by atoms with Gasteiger partial charge in [0.05, 0.1) is 22.0 Å². The molecule has 45 heavy (non-hydrogen) atoms. The molecule has 2 aromatic heterocycles. The molecule has 0 aliphatic carbocycles. The maximum atomic E-state index is 13.5. The molecule has 10 nitrogen and oxygen atoms in total. The number of unbranched alkanes of at least 4 members (excludes halogenated alkanes) is 2. The van der Waals surface area contributed by atoms with Crippen molar-refractivity contribution in [3.05, 3.63) is 75.6 Å². The highest BCUT2D eigenvalue weighted by Gasteiger charge is 2.34. The second-order valence-corrected chi connectivity index (χ2v) is 12.6. The van der Waals surface area contributed by atoms with Crippen LogP contribution in [-0.2, 0) is 22.5 Å². The van der Waals surface area contributed by atoms with E-state index in [0.717, 1.165) is 31.2 Å². The zero-order valence-electron chi connectivity index (χ0n) is 26.4. The van der Waals surface area contributed by atoms with E-state index in [1.54, 1.807) is 45.9 Å². The number of carbonyl (C=O) groups is 2. The Hall–Kier alpha value is -4.15. The molecule has 1 aliphatic heterocycles. The number of carboxylic acid groups (broad SMARTS) is 1. The van der Waals surface area contributed by atoms with Crippen molar-refractivity contribution in [1.29, 1.82) is 0 Å². The van der Waals surface area contributed by atoms with Gasteiger partial charge in [0, 0.05) is 36.0 Å². The lowest BCUT2D eigenvalue weighted by Crippen LogP contribution is -2.29. The first-order valence-corrected chi connectivity index (χ1v) is 15.7. The van der Waals surface area contributed by atoms with Crippen LogP contribution < -0.4 is 15.4 Å². The number of halogens is 1. The number of nitrogens with zero attached hydrogens (tertiary/aromatic N) is 3. The van der Waals surface area contributed by atoms with Crippen molar-refractivity contribution in [3.8, 4) is 17.0 Å². The average Bonchev–Trinajstić information content (AvgIpc) is 3.43. The van der Waals surface area contributed by atoms with E-state index in [0.29, 0.717) is 64.3 Å². The first-order valence-electron chi connectivity index (χ1n) is 15.3. The van der Waals surface area contributed by atoms with Gasteiger partial charge < -0.3 is 25.2 Å². The molecule has 0 saturated carbocycles. The number of ether oxygens (including phenoxy) is 2. The van der Waals surface area contributed by atoms with Crippen molar-refractivity contribution < 1.29 is 24.2 Å². The second kappa shape index (κ2) is 13.5. The zero-order chi connectivity index (χ0) is 32.3. The number of fused-ring (bicyclic) bond motifs is 2. The summed E-state index contributed by atoms with van der Waals surface area (Å²) < 4.78 is 13.3. The number of aliphatic carboxylic acids is 1. The highest BCUT2D eigenvalue weighted by atomic mass is 35.5. The summed E-state index contributed by atoms with van der Waals surface area (Å²) in [6, 6.07) is 13.3. The monoisotopic (exact) mass is 633 g/mol. The van der Waals surface area contributed by atoms with Crippen LogP contribution in [0.3, 0.4) is 0 Å².